The fraction of sp³-hybridized carbons (Fsp3) is 0.150. The van der Waals surface area contributed by atoms with E-state index >= 15 is 0 Å². The molecule has 148 valence electrons. The Hall–Kier alpha value is -2.06. The molecule has 1 saturated heterocycles. The molecule has 0 aliphatic carbocycles. The summed E-state index contributed by atoms with van der Waals surface area (Å²) in [4.78, 5) is 31.1. The number of anilines is 1. The molecule has 29 heavy (non-hydrogen) atoms. The van der Waals surface area contributed by atoms with E-state index in [1.165, 1.54) is 28.0 Å². The lowest BCUT2D eigenvalue weighted by molar-refractivity contribution is -0.116. The maximum absolute atomic E-state index is 12.4. The van der Waals surface area contributed by atoms with Crippen LogP contribution in [0, 0.1) is 0 Å². The average Bonchev–Trinajstić information content (AvgIpc) is 3.29. The van der Waals surface area contributed by atoms with Gasteiger partial charge in [-0.1, -0.05) is 82.7 Å². The molecule has 2 amide bonds. The number of carbonyl (C=O) groups is 2. The van der Waals surface area contributed by atoms with Crippen LogP contribution in [-0.4, -0.2) is 39.9 Å². The Morgan fingerprint density at radius 2 is 1.72 bits per heavy atom. The number of aromatic nitrogens is 1. The molecular weight excluding hydrogens is 449 g/mol. The largest absolute Gasteiger partial charge is 0.323 e. The Balaban J connectivity index is 1.68. The topological polar surface area (TPSA) is 62.3 Å². The van der Waals surface area contributed by atoms with Crippen LogP contribution >= 0.6 is 46.3 Å². The van der Waals surface area contributed by atoms with Crippen molar-refractivity contribution in [2.75, 3.05) is 24.2 Å². The smallest absolute Gasteiger partial charge is 0.282 e. The van der Waals surface area contributed by atoms with Crippen molar-refractivity contribution in [3.8, 4) is 21.7 Å². The van der Waals surface area contributed by atoms with Gasteiger partial charge in [-0.2, -0.15) is 0 Å². The van der Waals surface area contributed by atoms with Crippen LogP contribution in [-0.2, 0) is 4.79 Å². The van der Waals surface area contributed by atoms with Crippen LogP contribution in [0.5, 0.6) is 0 Å². The zero-order valence-electron chi connectivity index (χ0n) is 15.0. The van der Waals surface area contributed by atoms with Crippen molar-refractivity contribution in [3.05, 3.63) is 58.6 Å². The normalized spacial score (nSPS) is 13.7. The fourth-order valence-electron chi connectivity index (χ4n) is 2.94. The number of nitrogens with zero attached hydrogens (tertiary/aromatic N) is 2. The standard InChI is InChI=1S/C20H15Cl2N3O2S2/c21-14-7-3-1-5-12(14)17-18(13-6-2-4-8-15(13)22)29-19(24-17)23-16(26)11-25-9-10-28-20(25)27/h1-8H,9-11H2,(H,23,24,26). The molecule has 2 heterocycles. The zero-order valence-corrected chi connectivity index (χ0v) is 18.2. The number of hydrogen-bond donors (Lipinski definition) is 1. The summed E-state index contributed by atoms with van der Waals surface area (Å²) < 4.78 is 0. The zero-order chi connectivity index (χ0) is 20.4. The van der Waals surface area contributed by atoms with Crippen LogP contribution < -0.4 is 5.32 Å². The molecule has 0 bridgehead atoms. The summed E-state index contributed by atoms with van der Waals surface area (Å²) in [5.41, 5.74) is 2.22. The van der Waals surface area contributed by atoms with E-state index in [9.17, 15) is 9.59 Å². The number of thiazole rings is 1. The molecule has 0 radical (unpaired) electrons. The third kappa shape index (κ3) is 4.43. The molecule has 0 atom stereocenters. The molecule has 2 aromatic carbocycles. The van der Waals surface area contributed by atoms with E-state index in [1.54, 1.807) is 6.07 Å². The lowest BCUT2D eigenvalue weighted by atomic mass is 10.1. The molecule has 1 N–H and O–H groups in total. The van der Waals surface area contributed by atoms with Gasteiger partial charge in [0.15, 0.2) is 5.13 Å². The summed E-state index contributed by atoms with van der Waals surface area (Å²) in [6.45, 7) is 0.582. The number of thioether (sulfide) groups is 1. The molecule has 3 aromatic rings. The SMILES string of the molecule is O=C(CN1CCSC1=O)Nc1nc(-c2ccccc2Cl)c(-c2ccccc2Cl)s1. The number of rotatable bonds is 5. The molecule has 5 nitrogen and oxygen atoms in total. The summed E-state index contributed by atoms with van der Waals surface area (Å²) in [5, 5.41) is 4.31. The minimum absolute atomic E-state index is 0.00820. The van der Waals surface area contributed by atoms with Crippen molar-refractivity contribution in [2.45, 2.75) is 0 Å². The molecule has 0 spiro atoms. The van der Waals surface area contributed by atoms with Gasteiger partial charge in [-0.05, 0) is 12.1 Å². The summed E-state index contributed by atoms with van der Waals surface area (Å²) in [6, 6.07) is 14.9. The Labute approximate surface area is 186 Å². The number of carbonyl (C=O) groups excluding carboxylic acids is 2. The maximum atomic E-state index is 12.4. The molecule has 0 saturated carbocycles. The van der Waals surface area contributed by atoms with Gasteiger partial charge in [-0.3, -0.25) is 9.59 Å². The third-order valence-electron chi connectivity index (χ3n) is 4.30. The van der Waals surface area contributed by atoms with Gasteiger partial charge >= 0.3 is 0 Å². The van der Waals surface area contributed by atoms with Crippen LogP contribution in [0.2, 0.25) is 10.0 Å². The highest BCUT2D eigenvalue weighted by Crippen LogP contribution is 2.43. The first-order valence-corrected chi connectivity index (χ1v) is 11.3. The molecule has 1 aromatic heterocycles. The van der Waals surface area contributed by atoms with E-state index in [0.717, 1.165) is 16.0 Å². The van der Waals surface area contributed by atoms with Gasteiger partial charge in [-0.25, -0.2) is 4.98 Å². The predicted molar refractivity (Wildman–Crippen MR) is 121 cm³/mol. The van der Waals surface area contributed by atoms with E-state index in [-0.39, 0.29) is 17.7 Å². The summed E-state index contributed by atoms with van der Waals surface area (Å²) in [5.74, 6) is 0.419. The van der Waals surface area contributed by atoms with E-state index < -0.39 is 0 Å². The quantitative estimate of drug-likeness (QED) is 0.512. The average molecular weight is 464 g/mol. The predicted octanol–water partition coefficient (Wildman–Crippen LogP) is 5.89. The van der Waals surface area contributed by atoms with Gasteiger partial charge in [0.05, 0.1) is 15.6 Å². The van der Waals surface area contributed by atoms with Crippen LogP contribution in [0.3, 0.4) is 0 Å². The monoisotopic (exact) mass is 463 g/mol. The summed E-state index contributed by atoms with van der Waals surface area (Å²) >= 11 is 15.4. The van der Waals surface area contributed by atoms with E-state index in [1.807, 2.05) is 42.5 Å². The Kier molecular flexibility index (Phi) is 6.10. The van der Waals surface area contributed by atoms with Crippen molar-refractivity contribution in [3.63, 3.8) is 0 Å². The van der Waals surface area contributed by atoms with E-state index in [2.05, 4.69) is 10.3 Å². The second kappa shape index (κ2) is 8.75. The summed E-state index contributed by atoms with van der Waals surface area (Å²) in [6.07, 6.45) is 0. The van der Waals surface area contributed by atoms with Crippen LogP contribution in [0.25, 0.3) is 21.7 Å². The lowest BCUT2D eigenvalue weighted by Gasteiger charge is -2.12. The molecule has 0 unspecified atom stereocenters. The van der Waals surface area contributed by atoms with Crippen LogP contribution in [0.4, 0.5) is 9.93 Å². The van der Waals surface area contributed by atoms with E-state index in [4.69, 9.17) is 23.2 Å². The van der Waals surface area contributed by atoms with Gasteiger partial charge in [-0.15, -0.1) is 0 Å². The van der Waals surface area contributed by atoms with Gasteiger partial charge in [0.2, 0.25) is 5.91 Å². The third-order valence-corrected chi connectivity index (χ3v) is 6.86. The van der Waals surface area contributed by atoms with Gasteiger partial charge in [0.1, 0.15) is 6.54 Å². The highest BCUT2D eigenvalue weighted by atomic mass is 35.5. The van der Waals surface area contributed by atoms with Crippen molar-refractivity contribution in [2.24, 2.45) is 0 Å². The molecule has 1 aliphatic heterocycles. The highest BCUT2D eigenvalue weighted by molar-refractivity contribution is 8.13. The number of benzene rings is 2. The van der Waals surface area contributed by atoms with Crippen molar-refractivity contribution in [1.29, 1.82) is 0 Å². The second-order valence-electron chi connectivity index (χ2n) is 6.24. The van der Waals surface area contributed by atoms with Crippen molar-refractivity contribution in [1.82, 2.24) is 9.88 Å². The highest BCUT2D eigenvalue weighted by Gasteiger charge is 2.24. The second-order valence-corrected chi connectivity index (χ2v) is 9.10. The number of amides is 2. The molecule has 9 heteroatoms. The first kappa shape index (κ1) is 20.2. The molecule has 1 fully saturated rings. The lowest BCUT2D eigenvalue weighted by Crippen LogP contribution is -2.33. The summed E-state index contributed by atoms with van der Waals surface area (Å²) in [7, 11) is 0. The number of hydrogen-bond acceptors (Lipinski definition) is 5. The van der Waals surface area contributed by atoms with Gasteiger partial charge in [0, 0.05) is 28.4 Å². The number of halogens is 2. The molecular formula is C20H15Cl2N3O2S2. The first-order chi connectivity index (χ1) is 14.0. The Morgan fingerprint density at radius 1 is 1.07 bits per heavy atom. The maximum Gasteiger partial charge on any atom is 0.282 e. The molecule has 1 aliphatic rings. The Morgan fingerprint density at radius 3 is 2.34 bits per heavy atom. The van der Waals surface area contributed by atoms with Gasteiger partial charge in [0.25, 0.3) is 5.24 Å². The van der Waals surface area contributed by atoms with E-state index in [0.29, 0.717) is 33.2 Å². The van der Waals surface area contributed by atoms with Gasteiger partial charge < -0.3 is 10.2 Å². The number of nitrogens with one attached hydrogen (secondary N) is 1. The van der Waals surface area contributed by atoms with Crippen molar-refractivity contribution >= 4 is 62.6 Å². The first-order valence-electron chi connectivity index (χ1n) is 8.75. The Bertz CT molecular complexity index is 1020. The van der Waals surface area contributed by atoms with Crippen LogP contribution in [0.15, 0.2) is 48.5 Å². The molecule has 4 rings (SSSR count). The minimum Gasteiger partial charge on any atom is -0.323 e. The fourth-order valence-corrected chi connectivity index (χ4v) is 5.31. The van der Waals surface area contributed by atoms with Crippen molar-refractivity contribution < 1.29 is 9.59 Å². The minimum atomic E-state index is -0.286. The van der Waals surface area contributed by atoms with Crippen LogP contribution in [0.1, 0.15) is 0 Å².